The van der Waals surface area contributed by atoms with Crippen LogP contribution in [-0.4, -0.2) is 9.78 Å². The predicted molar refractivity (Wildman–Crippen MR) is 55.2 cm³/mol. The molecule has 0 atom stereocenters. The molecule has 0 amide bonds. The molecule has 0 unspecified atom stereocenters. The number of nitrogens with zero attached hydrogens (tertiary/aromatic N) is 2. The molecule has 0 aliphatic rings. The third-order valence-corrected chi connectivity index (χ3v) is 2.09. The van der Waals surface area contributed by atoms with Gasteiger partial charge in [-0.2, -0.15) is 5.10 Å². The van der Waals surface area contributed by atoms with Crippen LogP contribution in [0.15, 0.2) is 24.9 Å². The molecule has 66 valence electrons. The highest BCUT2D eigenvalue weighted by Crippen LogP contribution is 2.23. The average Bonchev–Trinajstić information content (AvgIpc) is 2.47. The molecule has 0 aliphatic carbocycles. The van der Waals surface area contributed by atoms with Crippen LogP contribution in [0.2, 0.25) is 0 Å². The number of benzene rings is 1. The molecule has 13 heavy (non-hydrogen) atoms. The minimum absolute atomic E-state index is 0.702. The third kappa shape index (κ3) is 1.09. The van der Waals surface area contributed by atoms with E-state index in [9.17, 15) is 0 Å². The van der Waals surface area contributed by atoms with Crippen LogP contribution in [0.1, 0.15) is 5.56 Å². The summed E-state index contributed by atoms with van der Waals surface area (Å²) < 4.78 is 1.76. The number of aryl methyl sites for hydroxylation is 1. The summed E-state index contributed by atoms with van der Waals surface area (Å²) in [6, 6.07) is 3.95. The van der Waals surface area contributed by atoms with E-state index in [4.69, 9.17) is 5.73 Å². The molecule has 3 heteroatoms. The lowest BCUT2D eigenvalue weighted by molar-refractivity contribution is 0.780. The van der Waals surface area contributed by atoms with Crippen molar-refractivity contribution >= 4 is 22.7 Å². The normalized spacial score (nSPS) is 10.5. The van der Waals surface area contributed by atoms with Crippen molar-refractivity contribution in [3.05, 3.63) is 30.5 Å². The maximum atomic E-state index is 5.90. The van der Waals surface area contributed by atoms with Crippen LogP contribution in [0.4, 0.5) is 5.69 Å². The molecule has 2 N–H and O–H groups in total. The Bertz CT molecular complexity index is 468. The van der Waals surface area contributed by atoms with E-state index in [0.717, 1.165) is 16.5 Å². The fraction of sp³-hybridized carbons (Fsp3) is 0.100. The molecule has 3 nitrogen and oxygen atoms in total. The topological polar surface area (TPSA) is 43.8 Å². The van der Waals surface area contributed by atoms with Crippen LogP contribution in [-0.2, 0) is 7.05 Å². The highest BCUT2D eigenvalue weighted by atomic mass is 15.2. The zero-order chi connectivity index (χ0) is 9.42. The maximum Gasteiger partial charge on any atom is 0.116 e. The Balaban J connectivity index is 2.85. The van der Waals surface area contributed by atoms with E-state index < -0.39 is 0 Å². The number of hydrogen-bond acceptors (Lipinski definition) is 2. The lowest BCUT2D eigenvalue weighted by Crippen LogP contribution is -1.92. The monoisotopic (exact) mass is 173 g/mol. The molecule has 1 aromatic carbocycles. The van der Waals surface area contributed by atoms with Gasteiger partial charge in [-0.05, 0) is 5.56 Å². The van der Waals surface area contributed by atoms with E-state index in [0.29, 0.717) is 5.69 Å². The van der Waals surface area contributed by atoms with E-state index >= 15 is 0 Å². The molecule has 0 bridgehead atoms. The Hall–Kier alpha value is -1.77. The second-order valence-electron chi connectivity index (χ2n) is 3.01. The Morgan fingerprint density at radius 3 is 3.00 bits per heavy atom. The quantitative estimate of drug-likeness (QED) is 0.668. The van der Waals surface area contributed by atoms with Crippen molar-refractivity contribution in [3.8, 4) is 0 Å². The van der Waals surface area contributed by atoms with Crippen LogP contribution in [0.25, 0.3) is 17.0 Å². The number of aromatic nitrogens is 2. The van der Waals surface area contributed by atoms with E-state index in [2.05, 4.69) is 11.7 Å². The second-order valence-corrected chi connectivity index (χ2v) is 3.01. The summed E-state index contributed by atoms with van der Waals surface area (Å²) in [6.07, 6.45) is 3.68. The summed E-state index contributed by atoms with van der Waals surface area (Å²) in [5, 5.41) is 5.33. The van der Waals surface area contributed by atoms with Crippen molar-refractivity contribution in [2.75, 3.05) is 5.73 Å². The predicted octanol–water partition coefficient (Wildman–Crippen LogP) is 1.80. The SMILES string of the molecule is C=Cc1ccc2cn(C)nc2c1N. The summed E-state index contributed by atoms with van der Waals surface area (Å²) in [6.45, 7) is 3.69. The Morgan fingerprint density at radius 1 is 1.54 bits per heavy atom. The molecular weight excluding hydrogens is 162 g/mol. The Kier molecular flexibility index (Phi) is 1.59. The lowest BCUT2D eigenvalue weighted by Gasteiger charge is -1.99. The first-order valence-electron chi connectivity index (χ1n) is 4.06. The molecule has 0 radical (unpaired) electrons. The second kappa shape index (κ2) is 2.62. The summed E-state index contributed by atoms with van der Waals surface area (Å²) >= 11 is 0. The smallest absolute Gasteiger partial charge is 0.116 e. The third-order valence-electron chi connectivity index (χ3n) is 2.09. The van der Waals surface area contributed by atoms with Gasteiger partial charge in [0.15, 0.2) is 0 Å². The van der Waals surface area contributed by atoms with Gasteiger partial charge in [0.25, 0.3) is 0 Å². The van der Waals surface area contributed by atoms with Gasteiger partial charge in [-0.15, -0.1) is 0 Å². The standard InChI is InChI=1S/C10H11N3/c1-3-7-4-5-8-6-13(2)12-10(8)9(7)11/h3-6H,1,11H2,2H3. The van der Waals surface area contributed by atoms with Crippen molar-refractivity contribution in [3.63, 3.8) is 0 Å². The lowest BCUT2D eigenvalue weighted by atomic mass is 10.1. The average molecular weight is 173 g/mol. The van der Waals surface area contributed by atoms with Gasteiger partial charge >= 0.3 is 0 Å². The summed E-state index contributed by atoms with van der Waals surface area (Å²) in [5.41, 5.74) is 8.38. The fourth-order valence-corrected chi connectivity index (χ4v) is 1.42. The van der Waals surface area contributed by atoms with Gasteiger partial charge < -0.3 is 5.73 Å². The van der Waals surface area contributed by atoms with Crippen LogP contribution in [0, 0.1) is 0 Å². The van der Waals surface area contributed by atoms with Crippen LogP contribution in [0.5, 0.6) is 0 Å². The highest BCUT2D eigenvalue weighted by Gasteiger charge is 2.04. The number of nitrogens with two attached hydrogens (primary N) is 1. The first-order chi connectivity index (χ1) is 6.22. The van der Waals surface area contributed by atoms with Crippen molar-refractivity contribution in [2.24, 2.45) is 7.05 Å². The van der Waals surface area contributed by atoms with Gasteiger partial charge in [-0.3, -0.25) is 4.68 Å². The van der Waals surface area contributed by atoms with E-state index in [-0.39, 0.29) is 0 Å². The van der Waals surface area contributed by atoms with Gasteiger partial charge in [0.1, 0.15) is 5.52 Å². The first kappa shape index (κ1) is 7.86. The molecular formula is C10H11N3. The Morgan fingerprint density at radius 2 is 2.31 bits per heavy atom. The molecule has 2 rings (SSSR count). The van der Waals surface area contributed by atoms with Gasteiger partial charge in [0.2, 0.25) is 0 Å². The molecule has 0 saturated heterocycles. The molecule has 0 fully saturated rings. The summed E-state index contributed by atoms with van der Waals surface area (Å²) in [5.74, 6) is 0. The van der Waals surface area contributed by atoms with Crippen LogP contribution < -0.4 is 5.73 Å². The Labute approximate surface area is 76.5 Å². The highest BCUT2D eigenvalue weighted by molar-refractivity contribution is 5.93. The van der Waals surface area contributed by atoms with Gasteiger partial charge in [-0.1, -0.05) is 24.8 Å². The van der Waals surface area contributed by atoms with Gasteiger partial charge in [0, 0.05) is 18.6 Å². The first-order valence-corrected chi connectivity index (χ1v) is 4.06. The number of nitrogen functional groups attached to an aromatic ring is 1. The molecule has 1 heterocycles. The van der Waals surface area contributed by atoms with Crippen molar-refractivity contribution in [1.82, 2.24) is 9.78 Å². The largest absolute Gasteiger partial charge is 0.396 e. The fourth-order valence-electron chi connectivity index (χ4n) is 1.42. The zero-order valence-electron chi connectivity index (χ0n) is 7.49. The van der Waals surface area contributed by atoms with Gasteiger partial charge in [0.05, 0.1) is 5.69 Å². The summed E-state index contributed by atoms with van der Waals surface area (Å²) in [4.78, 5) is 0. The minimum Gasteiger partial charge on any atom is -0.396 e. The molecule has 0 spiro atoms. The van der Waals surface area contributed by atoms with Crippen LogP contribution in [0.3, 0.4) is 0 Å². The molecule has 2 aromatic rings. The van der Waals surface area contributed by atoms with Crippen molar-refractivity contribution in [2.45, 2.75) is 0 Å². The van der Waals surface area contributed by atoms with Crippen molar-refractivity contribution in [1.29, 1.82) is 0 Å². The minimum atomic E-state index is 0.702. The summed E-state index contributed by atoms with van der Waals surface area (Å²) in [7, 11) is 1.88. The number of hydrogen-bond donors (Lipinski definition) is 1. The van der Waals surface area contributed by atoms with E-state index in [1.54, 1.807) is 10.8 Å². The van der Waals surface area contributed by atoms with E-state index in [1.807, 2.05) is 25.4 Å². The number of anilines is 1. The van der Waals surface area contributed by atoms with Gasteiger partial charge in [-0.25, -0.2) is 0 Å². The zero-order valence-corrected chi connectivity index (χ0v) is 7.49. The molecule has 1 aromatic heterocycles. The van der Waals surface area contributed by atoms with Crippen molar-refractivity contribution < 1.29 is 0 Å². The molecule has 0 saturated carbocycles. The van der Waals surface area contributed by atoms with Crippen LogP contribution >= 0.6 is 0 Å². The number of fused-ring (bicyclic) bond motifs is 1. The number of rotatable bonds is 1. The molecule has 0 aliphatic heterocycles. The maximum absolute atomic E-state index is 5.90. The van der Waals surface area contributed by atoms with E-state index in [1.165, 1.54) is 0 Å².